The number of esters is 1. The largest absolute Gasteiger partial charge is 0.465 e. The molecule has 2 heterocycles. The maximum absolute atomic E-state index is 13.1. The second-order valence-corrected chi connectivity index (χ2v) is 6.89. The van der Waals surface area contributed by atoms with Crippen LogP contribution in [-0.4, -0.2) is 41.5 Å². The van der Waals surface area contributed by atoms with Gasteiger partial charge in [0.25, 0.3) is 5.91 Å². The van der Waals surface area contributed by atoms with Crippen LogP contribution in [0.25, 0.3) is 0 Å². The molecule has 1 saturated heterocycles. The van der Waals surface area contributed by atoms with E-state index < -0.39 is 28.6 Å². The van der Waals surface area contributed by atoms with Crippen molar-refractivity contribution in [3.05, 3.63) is 35.4 Å². The number of amides is 1. The Morgan fingerprint density at radius 2 is 1.96 bits per heavy atom. The highest BCUT2D eigenvalue weighted by molar-refractivity contribution is 6.45. The summed E-state index contributed by atoms with van der Waals surface area (Å²) in [5.41, 5.74) is -1.03. The summed E-state index contributed by atoms with van der Waals surface area (Å²) < 4.78 is 5.22. The number of hydrogen-bond donors (Lipinski definition) is 0. The summed E-state index contributed by atoms with van der Waals surface area (Å²) >= 11 is 0. The lowest BCUT2D eigenvalue weighted by Gasteiger charge is -2.52. The SMILES string of the molecule is CCOC(=O)[C@@]12CC(=O)CC[C@@]13c1ccccc1CCN3C(=O)C2=O. The monoisotopic (exact) mass is 341 g/mol. The number of nitrogens with zero attached hydrogens (tertiary/aromatic N) is 1. The molecule has 0 aromatic heterocycles. The maximum Gasteiger partial charge on any atom is 0.323 e. The average molecular weight is 341 g/mol. The van der Waals surface area contributed by atoms with Gasteiger partial charge in [0.1, 0.15) is 5.78 Å². The predicted molar refractivity (Wildman–Crippen MR) is 86.5 cm³/mol. The van der Waals surface area contributed by atoms with Gasteiger partial charge in [-0.2, -0.15) is 0 Å². The minimum Gasteiger partial charge on any atom is -0.465 e. The standard InChI is InChI=1S/C19H19NO5/c1-2-25-17(24)18-11-13(21)7-9-19(18)14-6-4-3-5-12(14)8-10-20(19)16(23)15(18)22/h3-6H,2,7-11H2,1H3/t18-,19+/m0/s1. The number of benzene rings is 1. The zero-order valence-corrected chi connectivity index (χ0v) is 14.0. The van der Waals surface area contributed by atoms with Gasteiger partial charge in [0.15, 0.2) is 5.41 Å². The molecule has 25 heavy (non-hydrogen) atoms. The van der Waals surface area contributed by atoms with Gasteiger partial charge in [-0.3, -0.25) is 19.2 Å². The molecule has 4 rings (SSSR count). The first-order chi connectivity index (χ1) is 12.0. The molecule has 6 nitrogen and oxygen atoms in total. The summed E-state index contributed by atoms with van der Waals surface area (Å²) in [7, 11) is 0. The van der Waals surface area contributed by atoms with Crippen molar-refractivity contribution in [3.63, 3.8) is 0 Å². The molecule has 6 heteroatoms. The molecular formula is C19H19NO5. The van der Waals surface area contributed by atoms with Crippen LogP contribution in [0.3, 0.4) is 0 Å². The van der Waals surface area contributed by atoms with Gasteiger partial charge in [0, 0.05) is 19.4 Å². The lowest BCUT2D eigenvalue weighted by Crippen LogP contribution is -2.62. The molecule has 3 aliphatic rings. The van der Waals surface area contributed by atoms with Crippen LogP contribution in [0.15, 0.2) is 24.3 Å². The van der Waals surface area contributed by atoms with Crippen LogP contribution in [0.4, 0.5) is 0 Å². The fourth-order valence-electron chi connectivity index (χ4n) is 4.94. The molecule has 0 unspecified atom stereocenters. The van der Waals surface area contributed by atoms with E-state index in [0.29, 0.717) is 13.0 Å². The van der Waals surface area contributed by atoms with E-state index in [9.17, 15) is 19.2 Å². The molecule has 0 N–H and O–H groups in total. The number of ketones is 2. The summed E-state index contributed by atoms with van der Waals surface area (Å²) in [5, 5.41) is 0. The van der Waals surface area contributed by atoms with Gasteiger partial charge < -0.3 is 9.64 Å². The van der Waals surface area contributed by atoms with Crippen molar-refractivity contribution >= 4 is 23.4 Å². The van der Waals surface area contributed by atoms with Gasteiger partial charge in [0.05, 0.1) is 12.1 Å². The molecular weight excluding hydrogens is 322 g/mol. The van der Waals surface area contributed by atoms with E-state index in [2.05, 4.69) is 0 Å². The summed E-state index contributed by atoms with van der Waals surface area (Å²) in [6.45, 7) is 2.12. The molecule has 1 amide bonds. The van der Waals surface area contributed by atoms with E-state index in [1.54, 1.807) is 6.92 Å². The number of rotatable bonds is 2. The lowest BCUT2D eigenvalue weighted by atomic mass is 9.56. The first kappa shape index (κ1) is 16.0. The van der Waals surface area contributed by atoms with Crippen LogP contribution in [0.2, 0.25) is 0 Å². The van der Waals surface area contributed by atoms with Gasteiger partial charge >= 0.3 is 5.97 Å². The van der Waals surface area contributed by atoms with Crippen LogP contribution in [0, 0.1) is 5.41 Å². The number of ether oxygens (including phenoxy) is 1. The quantitative estimate of drug-likeness (QED) is 0.458. The Morgan fingerprint density at radius 1 is 1.20 bits per heavy atom. The third-order valence-electron chi connectivity index (χ3n) is 5.91. The highest BCUT2D eigenvalue weighted by Crippen LogP contribution is 2.60. The van der Waals surface area contributed by atoms with Crippen molar-refractivity contribution in [1.29, 1.82) is 0 Å². The molecule has 1 aliphatic carbocycles. The summed E-state index contributed by atoms with van der Waals surface area (Å²) in [5.74, 6) is -2.39. The Kier molecular flexibility index (Phi) is 3.36. The smallest absolute Gasteiger partial charge is 0.323 e. The first-order valence-electron chi connectivity index (χ1n) is 8.62. The molecule has 1 saturated carbocycles. The molecule has 0 radical (unpaired) electrons. The van der Waals surface area contributed by atoms with Crippen molar-refractivity contribution in [3.8, 4) is 0 Å². The topological polar surface area (TPSA) is 80.8 Å². The molecule has 1 aromatic carbocycles. The van der Waals surface area contributed by atoms with Crippen molar-refractivity contribution in [2.75, 3.05) is 13.2 Å². The van der Waals surface area contributed by atoms with Crippen LogP contribution in [0.1, 0.15) is 37.3 Å². The Morgan fingerprint density at radius 3 is 2.72 bits per heavy atom. The van der Waals surface area contributed by atoms with Gasteiger partial charge in [-0.1, -0.05) is 24.3 Å². The molecule has 130 valence electrons. The van der Waals surface area contributed by atoms with E-state index in [4.69, 9.17) is 4.74 Å². The van der Waals surface area contributed by atoms with E-state index in [1.165, 1.54) is 4.90 Å². The molecule has 1 spiro atoms. The van der Waals surface area contributed by atoms with Crippen LogP contribution in [0.5, 0.6) is 0 Å². The number of fused-ring (bicyclic) bond motifs is 1. The third-order valence-corrected chi connectivity index (χ3v) is 5.91. The van der Waals surface area contributed by atoms with Gasteiger partial charge in [-0.15, -0.1) is 0 Å². The van der Waals surface area contributed by atoms with E-state index in [0.717, 1.165) is 11.1 Å². The lowest BCUT2D eigenvalue weighted by molar-refractivity contribution is -0.172. The minimum atomic E-state index is -1.76. The zero-order chi connectivity index (χ0) is 17.8. The van der Waals surface area contributed by atoms with Crippen molar-refractivity contribution < 1.29 is 23.9 Å². The third kappa shape index (κ3) is 1.74. The molecule has 0 bridgehead atoms. The summed E-state index contributed by atoms with van der Waals surface area (Å²) in [6.07, 6.45) is 0.886. The van der Waals surface area contributed by atoms with Crippen molar-refractivity contribution in [1.82, 2.24) is 4.90 Å². The van der Waals surface area contributed by atoms with E-state index in [1.807, 2.05) is 24.3 Å². The maximum atomic E-state index is 13.1. The number of carbonyl (C=O) groups is 4. The molecule has 1 aromatic rings. The van der Waals surface area contributed by atoms with Crippen LogP contribution >= 0.6 is 0 Å². The highest BCUT2D eigenvalue weighted by atomic mass is 16.5. The Balaban J connectivity index is 2.04. The van der Waals surface area contributed by atoms with Crippen LogP contribution in [-0.2, 0) is 35.9 Å². The average Bonchev–Trinajstić information content (AvgIpc) is 2.82. The Bertz CT molecular complexity index is 816. The summed E-state index contributed by atoms with van der Waals surface area (Å²) in [4.78, 5) is 52.6. The van der Waals surface area contributed by atoms with Gasteiger partial charge in [0.2, 0.25) is 5.78 Å². The van der Waals surface area contributed by atoms with Crippen molar-refractivity contribution in [2.45, 2.75) is 38.1 Å². The molecule has 2 aliphatic heterocycles. The second-order valence-electron chi connectivity index (χ2n) is 6.89. The van der Waals surface area contributed by atoms with Crippen molar-refractivity contribution in [2.24, 2.45) is 5.41 Å². The Labute approximate surface area is 145 Å². The number of hydrogen-bond acceptors (Lipinski definition) is 5. The first-order valence-corrected chi connectivity index (χ1v) is 8.62. The normalized spacial score (nSPS) is 30.6. The van der Waals surface area contributed by atoms with E-state index in [-0.39, 0.29) is 31.7 Å². The Hall–Kier alpha value is -2.50. The number of Topliss-reactive ketones (excluding diaryl/α,β-unsaturated/α-hetero) is 2. The minimum absolute atomic E-state index is 0.0912. The van der Waals surface area contributed by atoms with Gasteiger partial charge in [-0.25, -0.2) is 0 Å². The predicted octanol–water partition coefficient (Wildman–Crippen LogP) is 1.15. The molecule has 2 fully saturated rings. The zero-order valence-electron chi connectivity index (χ0n) is 14.0. The van der Waals surface area contributed by atoms with E-state index >= 15 is 0 Å². The number of carbonyl (C=O) groups excluding carboxylic acids is 4. The van der Waals surface area contributed by atoms with Crippen LogP contribution < -0.4 is 0 Å². The molecule has 2 atom stereocenters. The van der Waals surface area contributed by atoms with Gasteiger partial charge in [-0.05, 0) is 30.9 Å². The fraction of sp³-hybridized carbons (Fsp3) is 0.474. The highest BCUT2D eigenvalue weighted by Gasteiger charge is 2.76. The fourth-order valence-corrected chi connectivity index (χ4v) is 4.94. The second kappa shape index (κ2) is 5.25. The summed E-state index contributed by atoms with van der Waals surface area (Å²) in [6, 6.07) is 7.58.